The Labute approximate surface area is 90.9 Å². The summed E-state index contributed by atoms with van der Waals surface area (Å²) < 4.78 is 0.969. The van der Waals surface area contributed by atoms with Crippen molar-refractivity contribution >= 4 is 21.7 Å². The molecule has 0 radical (unpaired) electrons. The molecule has 14 heavy (non-hydrogen) atoms. The van der Waals surface area contributed by atoms with Crippen LogP contribution in [0.2, 0.25) is 0 Å². The molecule has 0 fully saturated rings. The van der Waals surface area contributed by atoms with E-state index in [1.54, 1.807) is 6.20 Å². The van der Waals surface area contributed by atoms with Crippen LogP contribution in [0, 0.1) is 0 Å². The molecule has 0 unspecified atom stereocenters. The van der Waals surface area contributed by atoms with Crippen molar-refractivity contribution < 1.29 is 0 Å². The van der Waals surface area contributed by atoms with Crippen LogP contribution < -0.4 is 5.73 Å². The number of nitrogens with zero attached hydrogens (tertiary/aromatic N) is 1. The number of halogens is 1. The van der Waals surface area contributed by atoms with Gasteiger partial charge in [-0.1, -0.05) is 30.3 Å². The number of aromatic nitrogens is 1. The molecule has 1 heterocycles. The van der Waals surface area contributed by atoms with Gasteiger partial charge >= 0.3 is 0 Å². The third-order valence-corrected chi connectivity index (χ3v) is 2.65. The standard InChI is InChI=1S/C11H9BrN2/c12-9-6-7-14-11(13)10(9)8-4-2-1-3-5-8/h1-7H,(H2,13,14). The van der Waals surface area contributed by atoms with Crippen LogP contribution in [0.1, 0.15) is 0 Å². The lowest BCUT2D eigenvalue weighted by Gasteiger charge is -2.06. The molecular formula is C11H9BrN2. The third kappa shape index (κ3) is 1.63. The van der Waals surface area contributed by atoms with Crippen LogP contribution in [-0.2, 0) is 0 Å². The maximum atomic E-state index is 5.81. The molecular weight excluding hydrogens is 240 g/mol. The molecule has 2 rings (SSSR count). The third-order valence-electron chi connectivity index (χ3n) is 1.99. The van der Waals surface area contributed by atoms with Gasteiger partial charge in [-0.2, -0.15) is 0 Å². The Balaban J connectivity index is 2.63. The molecule has 0 bridgehead atoms. The molecule has 0 amide bonds. The average Bonchev–Trinajstić information content (AvgIpc) is 2.19. The van der Waals surface area contributed by atoms with Gasteiger partial charge < -0.3 is 5.73 Å². The van der Waals surface area contributed by atoms with Crippen molar-refractivity contribution in [3.63, 3.8) is 0 Å². The molecule has 2 N–H and O–H groups in total. The highest BCUT2D eigenvalue weighted by Crippen LogP contribution is 2.31. The molecule has 0 aliphatic heterocycles. The van der Waals surface area contributed by atoms with Crippen molar-refractivity contribution in [1.82, 2.24) is 4.98 Å². The van der Waals surface area contributed by atoms with E-state index in [1.807, 2.05) is 36.4 Å². The Morgan fingerprint density at radius 3 is 2.43 bits per heavy atom. The number of rotatable bonds is 1. The van der Waals surface area contributed by atoms with Crippen LogP contribution in [-0.4, -0.2) is 4.98 Å². The minimum atomic E-state index is 0.547. The van der Waals surface area contributed by atoms with E-state index in [2.05, 4.69) is 20.9 Å². The first-order chi connectivity index (χ1) is 6.79. The number of nitrogens with two attached hydrogens (primary N) is 1. The number of anilines is 1. The molecule has 1 aromatic heterocycles. The largest absolute Gasteiger partial charge is 0.383 e. The van der Waals surface area contributed by atoms with Crippen LogP contribution >= 0.6 is 15.9 Å². The Hall–Kier alpha value is -1.35. The highest BCUT2D eigenvalue weighted by atomic mass is 79.9. The Morgan fingerprint density at radius 2 is 1.79 bits per heavy atom. The van der Waals surface area contributed by atoms with E-state index >= 15 is 0 Å². The monoisotopic (exact) mass is 248 g/mol. The Morgan fingerprint density at radius 1 is 1.07 bits per heavy atom. The summed E-state index contributed by atoms with van der Waals surface area (Å²) in [6, 6.07) is 11.8. The highest BCUT2D eigenvalue weighted by molar-refractivity contribution is 9.10. The molecule has 70 valence electrons. The van der Waals surface area contributed by atoms with E-state index in [9.17, 15) is 0 Å². The van der Waals surface area contributed by atoms with Crippen molar-refractivity contribution in [1.29, 1.82) is 0 Å². The summed E-state index contributed by atoms with van der Waals surface area (Å²) in [5, 5.41) is 0. The van der Waals surface area contributed by atoms with Crippen LogP contribution in [0.15, 0.2) is 47.1 Å². The molecule has 0 spiro atoms. The average molecular weight is 249 g/mol. The number of benzene rings is 1. The van der Waals surface area contributed by atoms with Gasteiger partial charge in [0, 0.05) is 16.2 Å². The minimum Gasteiger partial charge on any atom is -0.383 e. The van der Waals surface area contributed by atoms with Gasteiger partial charge in [0.1, 0.15) is 5.82 Å². The molecule has 0 aliphatic carbocycles. The van der Waals surface area contributed by atoms with E-state index in [-0.39, 0.29) is 0 Å². The summed E-state index contributed by atoms with van der Waals surface area (Å²) in [6.45, 7) is 0. The molecule has 1 aromatic carbocycles. The summed E-state index contributed by atoms with van der Waals surface area (Å²) in [5.74, 6) is 0.547. The zero-order chi connectivity index (χ0) is 9.97. The second-order valence-corrected chi connectivity index (χ2v) is 3.77. The SMILES string of the molecule is Nc1nccc(Br)c1-c1ccccc1. The van der Waals surface area contributed by atoms with Crippen LogP contribution in [0.3, 0.4) is 0 Å². The van der Waals surface area contributed by atoms with Gasteiger partial charge in [0.25, 0.3) is 0 Å². The fourth-order valence-electron chi connectivity index (χ4n) is 1.34. The molecule has 0 saturated heterocycles. The Kier molecular flexibility index (Phi) is 2.50. The van der Waals surface area contributed by atoms with E-state index in [0.29, 0.717) is 5.82 Å². The summed E-state index contributed by atoms with van der Waals surface area (Å²) in [4.78, 5) is 4.06. The molecule has 2 aromatic rings. The van der Waals surface area contributed by atoms with Gasteiger partial charge in [0.2, 0.25) is 0 Å². The molecule has 0 saturated carbocycles. The van der Waals surface area contributed by atoms with Gasteiger partial charge in [-0.3, -0.25) is 0 Å². The van der Waals surface area contributed by atoms with Gasteiger partial charge in [-0.15, -0.1) is 0 Å². The fourth-order valence-corrected chi connectivity index (χ4v) is 1.89. The van der Waals surface area contributed by atoms with Gasteiger partial charge in [0.15, 0.2) is 0 Å². The first-order valence-corrected chi connectivity index (χ1v) is 5.04. The van der Waals surface area contributed by atoms with Crippen molar-refractivity contribution in [2.45, 2.75) is 0 Å². The van der Waals surface area contributed by atoms with Gasteiger partial charge in [-0.05, 0) is 27.6 Å². The number of hydrogen-bond acceptors (Lipinski definition) is 2. The van der Waals surface area contributed by atoms with Crippen molar-refractivity contribution in [2.75, 3.05) is 5.73 Å². The topological polar surface area (TPSA) is 38.9 Å². The molecule has 3 heteroatoms. The quantitative estimate of drug-likeness (QED) is 0.843. The lowest BCUT2D eigenvalue weighted by molar-refractivity contribution is 1.32. The molecule has 0 aliphatic rings. The van der Waals surface area contributed by atoms with E-state index in [1.165, 1.54) is 0 Å². The van der Waals surface area contributed by atoms with Crippen molar-refractivity contribution in [2.24, 2.45) is 0 Å². The number of pyridine rings is 1. The van der Waals surface area contributed by atoms with Crippen molar-refractivity contribution in [3.05, 3.63) is 47.1 Å². The fraction of sp³-hybridized carbons (Fsp3) is 0. The predicted molar refractivity (Wildman–Crippen MR) is 61.8 cm³/mol. The maximum absolute atomic E-state index is 5.81. The smallest absolute Gasteiger partial charge is 0.132 e. The minimum absolute atomic E-state index is 0.547. The highest BCUT2D eigenvalue weighted by Gasteiger charge is 2.06. The first-order valence-electron chi connectivity index (χ1n) is 4.24. The number of nitrogen functional groups attached to an aromatic ring is 1. The van der Waals surface area contributed by atoms with E-state index in [4.69, 9.17) is 5.73 Å². The molecule has 2 nitrogen and oxygen atoms in total. The second kappa shape index (κ2) is 3.80. The second-order valence-electron chi connectivity index (χ2n) is 2.92. The van der Waals surface area contributed by atoms with E-state index in [0.717, 1.165) is 15.6 Å². The normalized spacial score (nSPS) is 10.1. The first kappa shape index (κ1) is 9.21. The van der Waals surface area contributed by atoms with Gasteiger partial charge in [0.05, 0.1) is 0 Å². The number of hydrogen-bond donors (Lipinski definition) is 1. The van der Waals surface area contributed by atoms with E-state index < -0.39 is 0 Å². The predicted octanol–water partition coefficient (Wildman–Crippen LogP) is 3.09. The van der Waals surface area contributed by atoms with Crippen LogP contribution in [0.25, 0.3) is 11.1 Å². The summed E-state index contributed by atoms with van der Waals surface area (Å²) in [5.41, 5.74) is 7.84. The lowest BCUT2D eigenvalue weighted by Crippen LogP contribution is -1.94. The summed E-state index contributed by atoms with van der Waals surface area (Å²) >= 11 is 3.46. The van der Waals surface area contributed by atoms with Crippen LogP contribution in [0.4, 0.5) is 5.82 Å². The maximum Gasteiger partial charge on any atom is 0.132 e. The molecule has 0 atom stereocenters. The summed E-state index contributed by atoms with van der Waals surface area (Å²) in [7, 11) is 0. The lowest BCUT2D eigenvalue weighted by atomic mass is 10.1. The van der Waals surface area contributed by atoms with Crippen molar-refractivity contribution in [3.8, 4) is 11.1 Å². The van der Waals surface area contributed by atoms with Gasteiger partial charge in [-0.25, -0.2) is 4.98 Å². The zero-order valence-corrected chi connectivity index (χ0v) is 9.03. The Bertz CT molecular complexity index is 420. The summed E-state index contributed by atoms with van der Waals surface area (Å²) in [6.07, 6.45) is 1.69. The zero-order valence-electron chi connectivity index (χ0n) is 7.44. The van der Waals surface area contributed by atoms with Crippen LogP contribution in [0.5, 0.6) is 0 Å².